The number of carbonyl (C=O) groups is 3. The van der Waals surface area contributed by atoms with Crippen LogP contribution >= 0.6 is 0 Å². The third-order valence-corrected chi connectivity index (χ3v) is 4.06. The van der Waals surface area contributed by atoms with E-state index in [2.05, 4.69) is 5.92 Å². The highest BCUT2D eigenvalue weighted by molar-refractivity contribution is 6.20. The van der Waals surface area contributed by atoms with Crippen LogP contribution in [0.25, 0.3) is 0 Å². The lowest BCUT2D eigenvalue weighted by atomic mass is 9.88. The minimum atomic E-state index is -1.02. The van der Waals surface area contributed by atoms with Crippen molar-refractivity contribution in [3.63, 3.8) is 0 Å². The highest BCUT2D eigenvalue weighted by Gasteiger charge is 2.46. The van der Waals surface area contributed by atoms with E-state index in [1.807, 2.05) is 0 Å². The number of hydrogen-bond donors (Lipinski definition) is 0. The SMILES string of the molecule is C#CC1(C(=O)ON2C(=O)c3ccccc3C2=O)CCCC1. The van der Waals surface area contributed by atoms with Crippen molar-refractivity contribution in [2.75, 3.05) is 0 Å². The largest absolute Gasteiger partial charge is 0.351 e. The van der Waals surface area contributed by atoms with E-state index >= 15 is 0 Å². The molecule has 1 aliphatic carbocycles. The maximum Gasteiger partial charge on any atom is 0.351 e. The number of carbonyl (C=O) groups excluding carboxylic acids is 3. The Labute approximate surface area is 121 Å². The van der Waals surface area contributed by atoms with Gasteiger partial charge in [0.2, 0.25) is 0 Å². The molecule has 0 atom stereocenters. The van der Waals surface area contributed by atoms with E-state index in [9.17, 15) is 14.4 Å². The first kappa shape index (κ1) is 13.4. The topological polar surface area (TPSA) is 63.7 Å². The summed E-state index contributed by atoms with van der Waals surface area (Å²) in [6.45, 7) is 0. The summed E-state index contributed by atoms with van der Waals surface area (Å²) in [6.07, 6.45) is 8.17. The van der Waals surface area contributed by atoms with Gasteiger partial charge >= 0.3 is 5.97 Å². The average molecular weight is 283 g/mol. The van der Waals surface area contributed by atoms with Crippen LogP contribution in [0.2, 0.25) is 0 Å². The summed E-state index contributed by atoms with van der Waals surface area (Å²) in [5, 5.41) is 0.518. The molecule has 1 saturated carbocycles. The molecule has 0 bridgehead atoms. The summed E-state index contributed by atoms with van der Waals surface area (Å²) < 4.78 is 0. The molecule has 0 unspecified atom stereocenters. The highest BCUT2D eigenvalue weighted by atomic mass is 16.7. The van der Waals surface area contributed by atoms with Crippen LogP contribution in [0.1, 0.15) is 46.4 Å². The molecule has 2 aliphatic rings. The number of amides is 2. The lowest BCUT2D eigenvalue weighted by Gasteiger charge is -2.22. The van der Waals surface area contributed by atoms with Crippen LogP contribution in [0.4, 0.5) is 0 Å². The summed E-state index contributed by atoms with van der Waals surface area (Å²) in [5.41, 5.74) is -0.553. The van der Waals surface area contributed by atoms with Crippen LogP contribution in [0.5, 0.6) is 0 Å². The molecule has 1 heterocycles. The molecular weight excluding hydrogens is 270 g/mol. The van der Waals surface area contributed by atoms with E-state index in [-0.39, 0.29) is 11.1 Å². The van der Waals surface area contributed by atoms with E-state index in [0.717, 1.165) is 12.8 Å². The second-order valence-electron chi connectivity index (χ2n) is 5.26. The molecule has 106 valence electrons. The molecule has 0 aromatic heterocycles. The monoisotopic (exact) mass is 283 g/mol. The third-order valence-electron chi connectivity index (χ3n) is 4.06. The van der Waals surface area contributed by atoms with Gasteiger partial charge in [-0.05, 0) is 25.0 Å². The number of nitrogens with zero attached hydrogens (tertiary/aromatic N) is 1. The maximum absolute atomic E-state index is 12.3. The van der Waals surface area contributed by atoms with E-state index in [0.29, 0.717) is 17.9 Å². The molecule has 0 radical (unpaired) electrons. The molecule has 5 nitrogen and oxygen atoms in total. The minimum Gasteiger partial charge on any atom is -0.328 e. The Balaban J connectivity index is 1.84. The lowest BCUT2D eigenvalue weighted by Crippen LogP contribution is -2.39. The minimum absolute atomic E-state index is 0.233. The summed E-state index contributed by atoms with van der Waals surface area (Å²) in [7, 11) is 0. The molecule has 1 aliphatic heterocycles. The van der Waals surface area contributed by atoms with Crippen molar-refractivity contribution in [3.05, 3.63) is 35.4 Å². The van der Waals surface area contributed by atoms with Gasteiger partial charge in [-0.3, -0.25) is 9.59 Å². The van der Waals surface area contributed by atoms with Crippen molar-refractivity contribution in [1.29, 1.82) is 0 Å². The van der Waals surface area contributed by atoms with Crippen LogP contribution < -0.4 is 0 Å². The maximum atomic E-state index is 12.3. The number of hydrogen-bond acceptors (Lipinski definition) is 4. The van der Waals surface area contributed by atoms with Gasteiger partial charge in [0, 0.05) is 0 Å². The van der Waals surface area contributed by atoms with Gasteiger partial charge in [0.05, 0.1) is 11.1 Å². The van der Waals surface area contributed by atoms with Crippen LogP contribution in [0, 0.1) is 17.8 Å². The van der Waals surface area contributed by atoms with Gasteiger partial charge in [-0.2, -0.15) is 0 Å². The Hall–Kier alpha value is -2.61. The van der Waals surface area contributed by atoms with E-state index in [1.54, 1.807) is 12.1 Å². The Morgan fingerprint density at radius 2 is 1.67 bits per heavy atom. The number of terminal acetylenes is 1. The highest BCUT2D eigenvalue weighted by Crippen LogP contribution is 2.39. The van der Waals surface area contributed by atoms with Gasteiger partial charge in [-0.1, -0.05) is 36.0 Å². The first-order valence-corrected chi connectivity index (χ1v) is 6.77. The van der Waals surface area contributed by atoms with Crippen LogP contribution in [-0.4, -0.2) is 22.8 Å². The molecule has 1 fully saturated rings. The van der Waals surface area contributed by atoms with Crippen molar-refractivity contribution >= 4 is 17.8 Å². The van der Waals surface area contributed by atoms with Gasteiger partial charge in [-0.25, -0.2) is 4.79 Å². The summed E-state index contributed by atoms with van der Waals surface area (Å²) in [6, 6.07) is 6.34. The predicted octanol–water partition coefficient (Wildman–Crippen LogP) is 1.93. The van der Waals surface area contributed by atoms with Crippen molar-refractivity contribution in [1.82, 2.24) is 5.06 Å². The number of hydroxylamine groups is 2. The summed E-state index contributed by atoms with van der Waals surface area (Å²) in [5.74, 6) is 0.520. The second-order valence-corrected chi connectivity index (χ2v) is 5.26. The van der Waals surface area contributed by atoms with Crippen LogP contribution in [0.3, 0.4) is 0 Å². The zero-order chi connectivity index (χ0) is 15.0. The van der Waals surface area contributed by atoms with Crippen LogP contribution in [0.15, 0.2) is 24.3 Å². The number of imide groups is 1. The molecule has 1 aromatic carbocycles. The van der Waals surface area contributed by atoms with Gasteiger partial charge in [-0.15, -0.1) is 6.42 Å². The van der Waals surface area contributed by atoms with E-state index in [1.165, 1.54) is 12.1 Å². The van der Waals surface area contributed by atoms with Gasteiger partial charge in [0.1, 0.15) is 5.41 Å². The zero-order valence-corrected chi connectivity index (χ0v) is 11.3. The van der Waals surface area contributed by atoms with Crippen molar-refractivity contribution in [3.8, 4) is 12.3 Å². The van der Waals surface area contributed by atoms with Crippen LogP contribution in [-0.2, 0) is 9.63 Å². The fourth-order valence-electron chi connectivity index (χ4n) is 2.81. The fraction of sp³-hybridized carbons (Fsp3) is 0.312. The Morgan fingerprint density at radius 3 is 2.14 bits per heavy atom. The lowest BCUT2D eigenvalue weighted by molar-refractivity contribution is -0.177. The van der Waals surface area contributed by atoms with E-state index in [4.69, 9.17) is 11.3 Å². The number of benzene rings is 1. The number of rotatable bonds is 2. The standard InChI is InChI=1S/C16H13NO4/c1-2-16(9-5-6-10-16)15(20)21-17-13(18)11-7-3-4-8-12(11)14(17)19/h1,3-4,7-8H,5-6,9-10H2. The van der Waals surface area contributed by atoms with Gasteiger partial charge < -0.3 is 4.84 Å². The Morgan fingerprint density at radius 1 is 1.14 bits per heavy atom. The molecule has 5 heteroatoms. The molecular formula is C16H13NO4. The third kappa shape index (κ3) is 1.91. The van der Waals surface area contributed by atoms with Crippen molar-refractivity contribution < 1.29 is 19.2 Å². The van der Waals surface area contributed by atoms with Gasteiger partial charge in [0.25, 0.3) is 11.8 Å². The fourth-order valence-corrected chi connectivity index (χ4v) is 2.81. The molecule has 0 saturated heterocycles. The summed E-state index contributed by atoms with van der Waals surface area (Å²) in [4.78, 5) is 41.6. The molecule has 3 rings (SSSR count). The Bertz CT molecular complexity index is 645. The second kappa shape index (κ2) is 4.74. The van der Waals surface area contributed by atoms with E-state index < -0.39 is 23.2 Å². The van der Waals surface area contributed by atoms with Gasteiger partial charge in [0.15, 0.2) is 0 Å². The molecule has 21 heavy (non-hydrogen) atoms. The quantitative estimate of drug-likeness (QED) is 0.614. The summed E-state index contributed by atoms with van der Waals surface area (Å²) >= 11 is 0. The Kier molecular flexibility index (Phi) is 3.02. The first-order chi connectivity index (χ1) is 10.1. The molecule has 0 N–H and O–H groups in total. The molecule has 2 amide bonds. The zero-order valence-electron chi connectivity index (χ0n) is 11.3. The molecule has 1 aromatic rings. The normalized spacial score (nSPS) is 19.3. The average Bonchev–Trinajstić information content (AvgIpc) is 3.08. The number of fused-ring (bicyclic) bond motifs is 1. The molecule has 0 spiro atoms. The first-order valence-electron chi connectivity index (χ1n) is 6.77. The van der Waals surface area contributed by atoms with Crippen molar-refractivity contribution in [2.45, 2.75) is 25.7 Å². The smallest absolute Gasteiger partial charge is 0.328 e. The predicted molar refractivity (Wildman–Crippen MR) is 72.8 cm³/mol. The van der Waals surface area contributed by atoms with Crippen molar-refractivity contribution in [2.24, 2.45) is 5.41 Å².